The Hall–Kier alpha value is -0.290. The second-order valence-electron chi connectivity index (χ2n) is 3.11. The van der Waals surface area contributed by atoms with Gasteiger partial charge in [0.25, 0.3) is 0 Å². The first kappa shape index (κ1) is 9.80. The second-order valence-corrected chi connectivity index (χ2v) is 3.11. The Morgan fingerprint density at radius 2 is 2.17 bits per heavy atom. The molecular weight excluding hydrogens is 171 g/mol. The molecular formula is C7H12F3NO. The quantitative estimate of drug-likeness (QED) is 0.700. The van der Waals surface area contributed by atoms with Crippen LogP contribution >= 0.6 is 0 Å². The molecule has 0 aliphatic carbocycles. The molecule has 2 atom stereocenters. The van der Waals surface area contributed by atoms with Gasteiger partial charge in [0.2, 0.25) is 0 Å². The van der Waals surface area contributed by atoms with E-state index in [1.54, 1.807) is 0 Å². The average Bonchev–Trinajstić information content (AvgIpc) is 2.32. The molecule has 0 amide bonds. The predicted octanol–water partition coefficient (Wildman–Crippen LogP) is 1.30. The summed E-state index contributed by atoms with van der Waals surface area (Å²) in [6.07, 6.45) is -4.40. The monoisotopic (exact) mass is 183 g/mol. The lowest BCUT2D eigenvalue weighted by atomic mass is 9.97. The normalized spacial score (nSPS) is 27.5. The highest BCUT2D eigenvalue weighted by atomic mass is 19.4. The van der Waals surface area contributed by atoms with Crippen molar-refractivity contribution in [2.75, 3.05) is 13.2 Å². The van der Waals surface area contributed by atoms with E-state index in [0.29, 0.717) is 19.6 Å². The minimum absolute atomic E-state index is 0.119. The van der Waals surface area contributed by atoms with Gasteiger partial charge in [0.15, 0.2) is 0 Å². The summed E-state index contributed by atoms with van der Waals surface area (Å²) >= 11 is 0. The fraction of sp³-hybridized carbons (Fsp3) is 1.00. The van der Waals surface area contributed by atoms with E-state index in [1.165, 1.54) is 0 Å². The highest BCUT2D eigenvalue weighted by molar-refractivity contribution is 4.78. The number of alkyl halides is 3. The van der Waals surface area contributed by atoms with E-state index in [4.69, 9.17) is 10.5 Å². The van der Waals surface area contributed by atoms with Gasteiger partial charge in [-0.3, -0.25) is 0 Å². The molecule has 0 aromatic rings. The van der Waals surface area contributed by atoms with Crippen molar-refractivity contribution in [1.29, 1.82) is 0 Å². The zero-order chi connectivity index (χ0) is 9.19. The summed E-state index contributed by atoms with van der Waals surface area (Å²) in [5, 5.41) is 0. The van der Waals surface area contributed by atoms with E-state index in [-0.39, 0.29) is 5.92 Å². The molecule has 1 aliphatic heterocycles. The molecule has 2 nitrogen and oxygen atoms in total. The maximum atomic E-state index is 11.8. The van der Waals surface area contributed by atoms with E-state index in [2.05, 4.69) is 0 Å². The topological polar surface area (TPSA) is 35.2 Å². The molecule has 0 radical (unpaired) electrons. The number of hydrogen-bond acceptors (Lipinski definition) is 2. The fourth-order valence-corrected chi connectivity index (χ4v) is 1.32. The van der Waals surface area contributed by atoms with Gasteiger partial charge in [-0.1, -0.05) is 0 Å². The highest BCUT2D eigenvalue weighted by Crippen LogP contribution is 2.26. The maximum absolute atomic E-state index is 11.8. The summed E-state index contributed by atoms with van der Waals surface area (Å²) in [7, 11) is 0. The Morgan fingerprint density at radius 1 is 1.50 bits per heavy atom. The Kier molecular flexibility index (Phi) is 2.95. The average molecular weight is 183 g/mol. The molecule has 0 bridgehead atoms. The smallest absolute Gasteiger partial charge is 0.381 e. The molecule has 1 unspecified atom stereocenters. The first-order valence-corrected chi connectivity index (χ1v) is 3.89. The fourth-order valence-electron chi connectivity index (χ4n) is 1.32. The van der Waals surface area contributed by atoms with Crippen LogP contribution in [0.4, 0.5) is 13.2 Å². The summed E-state index contributed by atoms with van der Waals surface area (Å²) in [5.41, 5.74) is 5.37. The van der Waals surface area contributed by atoms with Gasteiger partial charge in [-0.05, 0) is 12.3 Å². The molecule has 2 N–H and O–H groups in total. The second kappa shape index (κ2) is 3.62. The van der Waals surface area contributed by atoms with E-state index >= 15 is 0 Å². The third-order valence-electron chi connectivity index (χ3n) is 2.04. The van der Waals surface area contributed by atoms with Crippen molar-refractivity contribution in [3.8, 4) is 0 Å². The number of rotatable bonds is 2. The third-order valence-corrected chi connectivity index (χ3v) is 2.04. The van der Waals surface area contributed by atoms with Crippen molar-refractivity contribution in [3.63, 3.8) is 0 Å². The van der Waals surface area contributed by atoms with Crippen LogP contribution in [0.25, 0.3) is 0 Å². The summed E-state index contributed by atoms with van der Waals surface area (Å²) < 4.78 is 40.5. The van der Waals surface area contributed by atoms with Crippen LogP contribution in [-0.4, -0.2) is 25.4 Å². The number of ether oxygens (including phenoxy) is 1. The lowest BCUT2D eigenvalue weighted by molar-refractivity contribution is -0.140. The minimum Gasteiger partial charge on any atom is -0.381 e. The van der Waals surface area contributed by atoms with Crippen molar-refractivity contribution in [3.05, 3.63) is 0 Å². The van der Waals surface area contributed by atoms with Gasteiger partial charge in [-0.15, -0.1) is 0 Å². The number of nitrogens with two attached hydrogens (primary N) is 1. The third kappa shape index (κ3) is 2.98. The predicted molar refractivity (Wildman–Crippen MR) is 37.6 cm³/mol. The standard InChI is InChI=1S/C7H12F3NO/c8-7(9,10)3-6(11)5-1-2-12-4-5/h5-6H,1-4,11H2/t5?,6-/m0/s1. The Morgan fingerprint density at radius 3 is 2.58 bits per heavy atom. The molecule has 1 heterocycles. The SMILES string of the molecule is N[C@@H](CC(F)(F)F)C1CCOC1. The van der Waals surface area contributed by atoms with Gasteiger partial charge in [-0.2, -0.15) is 13.2 Å². The molecule has 12 heavy (non-hydrogen) atoms. The van der Waals surface area contributed by atoms with Gasteiger partial charge >= 0.3 is 6.18 Å². The van der Waals surface area contributed by atoms with E-state index < -0.39 is 18.6 Å². The van der Waals surface area contributed by atoms with Crippen LogP contribution in [0.2, 0.25) is 0 Å². The lowest BCUT2D eigenvalue weighted by Gasteiger charge is -2.18. The van der Waals surface area contributed by atoms with Crippen LogP contribution < -0.4 is 5.73 Å². The molecule has 5 heteroatoms. The zero-order valence-corrected chi connectivity index (χ0v) is 6.60. The van der Waals surface area contributed by atoms with Crippen LogP contribution in [0.5, 0.6) is 0 Å². The zero-order valence-electron chi connectivity index (χ0n) is 6.60. The van der Waals surface area contributed by atoms with Crippen molar-refractivity contribution in [2.24, 2.45) is 11.7 Å². The highest BCUT2D eigenvalue weighted by Gasteiger charge is 2.34. The molecule has 0 aromatic heterocycles. The molecule has 0 saturated carbocycles. The number of halogens is 3. The van der Waals surface area contributed by atoms with Crippen molar-refractivity contribution in [2.45, 2.75) is 25.1 Å². The summed E-state index contributed by atoms with van der Waals surface area (Å²) in [6, 6.07) is -0.799. The van der Waals surface area contributed by atoms with E-state index in [0.717, 1.165) is 0 Å². The van der Waals surface area contributed by atoms with Gasteiger partial charge in [0.05, 0.1) is 13.0 Å². The molecule has 0 aromatic carbocycles. The minimum atomic E-state index is -4.15. The lowest BCUT2D eigenvalue weighted by Crippen LogP contribution is -2.35. The van der Waals surface area contributed by atoms with E-state index in [9.17, 15) is 13.2 Å². The van der Waals surface area contributed by atoms with Crippen LogP contribution in [0, 0.1) is 5.92 Å². The molecule has 1 aliphatic rings. The Labute approximate surface area is 68.9 Å². The van der Waals surface area contributed by atoms with Gasteiger partial charge in [0, 0.05) is 12.6 Å². The first-order valence-electron chi connectivity index (χ1n) is 3.89. The Balaban J connectivity index is 2.31. The van der Waals surface area contributed by atoms with Crippen molar-refractivity contribution in [1.82, 2.24) is 0 Å². The van der Waals surface area contributed by atoms with Crippen LogP contribution in [0.3, 0.4) is 0 Å². The van der Waals surface area contributed by atoms with Crippen LogP contribution in [0.1, 0.15) is 12.8 Å². The van der Waals surface area contributed by atoms with Gasteiger partial charge in [-0.25, -0.2) is 0 Å². The Bertz CT molecular complexity index is 142. The maximum Gasteiger partial charge on any atom is 0.390 e. The molecule has 1 saturated heterocycles. The van der Waals surface area contributed by atoms with Gasteiger partial charge < -0.3 is 10.5 Å². The van der Waals surface area contributed by atoms with Crippen molar-refractivity contribution >= 4 is 0 Å². The molecule has 1 fully saturated rings. The molecule has 0 spiro atoms. The van der Waals surface area contributed by atoms with Gasteiger partial charge in [0.1, 0.15) is 0 Å². The summed E-state index contributed by atoms with van der Waals surface area (Å²) in [5.74, 6) is -0.119. The van der Waals surface area contributed by atoms with Crippen LogP contribution in [0.15, 0.2) is 0 Å². The van der Waals surface area contributed by atoms with E-state index in [1.807, 2.05) is 0 Å². The number of hydrogen-bond donors (Lipinski definition) is 1. The van der Waals surface area contributed by atoms with Crippen LogP contribution in [-0.2, 0) is 4.74 Å². The first-order chi connectivity index (χ1) is 5.49. The molecule has 1 rings (SSSR count). The summed E-state index contributed by atoms with van der Waals surface area (Å²) in [6.45, 7) is 0.910. The van der Waals surface area contributed by atoms with Crippen molar-refractivity contribution < 1.29 is 17.9 Å². The summed E-state index contributed by atoms with van der Waals surface area (Å²) in [4.78, 5) is 0. The largest absolute Gasteiger partial charge is 0.390 e. The molecule has 72 valence electrons.